The summed E-state index contributed by atoms with van der Waals surface area (Å²) in [6, 6.07) is 0. The van der Waals surface area contributed by atoms with Crippen LogP contribution in [0.1, 0.15) is 32.6 Å². The fraction of sp³-hybridized carbons (Fsp3) is 1.00. The van der Waals surface area contributed by atoms with E-state index in [2.05, 4.69) is 41.8 Å². The van der Waals surface area contributed by atoms with Crippen LogP contribution < -0.4 is 0 Å². The lowest BCUT2D eigenvalue weighted by Crippen LogP contribution is -2.40. The van der Waals surface area contributed by atoms with Gasteiger partial charge in [-0.05, 0) is 77.0 Å². The second kappa shape index (κ2) is 7.16. The molecule has 2 rings (SSSR count). The van der Waals surface area contributed by atoms with Gasteiger partial charge in [-0.15, -0.1) is 0 Å². The third kappa shape index (κ3) is 4.14. The van der Waals surface area contributed by atoms with E-state index >= 15 is 0 Å². The van der Waals surface area contributed by atoms with E-state index in [0.29, 0.717) is 0 Å². The highest BCUT2D eigenvalue weighted by atomic mass is 32.2. The fourth-order valence-electron chi connectivity index (χ4n) is 3.55. The van der Waals surface area contributed by atoms with Crippen molar-refractivity contribution in [1.82, 2.24) is 9.80 Å². The zero-order chi connectivity index (χ0) is 13.0. The summed E-state index contributed by atoms with van der Waals surface area (Å²) in [4.78, 5) is 5.20. The van der Waals surface area contributed by atoms with E-state index in [1.807, 2.05) is 0 Å². The van der Waals surface area contributed by atoms with E-state index in [1.165, 1.54) is 58.4 Å². The van der Waals surface area contributed by atoms with Crippen LogP contribution in [-0.4, -0.2) is 61.1 Å². The summed E-state index contributed by atoms with van der Waals surface area (Å²) in [6.07, 6.45) is 7.92. The van der Waals surface area contributed by atoms with Gasteiger partial charge in [0, 0.05) is 11.8 Å². The molecule has 0 spiro atoms. The quantitative estimate of drug-likeness (QED) is 0.775. The molecule has 18 heavy (non-hydrogen) atoms. The highest BCUT2D eigenvalue weighted by Crippen LogP contribution is 2.27. The van der Waals surface area contributed by atoms with Gasteiger partial charge in [-0.25, -0.2) is 0 Å². The maximum atomic E-state index is 2.71. The summed E-state index contributed by atoms with van der Waals surface area (Å²) in [5, 5.41) is 0.934. The lowest BCUT2D eigenvalue weighted by molar-refractivity contribution is 0.129. The van der Waals surface area contributed by atoms with E-state index < -0.39 is 0 Å². The number of likely N-dealkylation sites (tertiary alicyclic amines) is 2. The van der Waals surface area contributed by atoms with Crippen molar-refractivity contribution in [2.75, 3.05) is 46.0 Å². The minimum Gasteiger partial charge on any atom is -0.306 e. The van der Waals surface area contributed by atoms with E-state index in [9.17, 15) is 0 Å². The molecule has 106 valence electrons. The Hall–Kier alpha value is 0.270. The molecule has 0 aromatic rings. The summed E-state index contributed by atoms with van der Waals surface area (Å²) < 4.78 is 0. The number of hydrogen-bond donors (Lipinski definition) is 0. The number of nitrogens with zero attached hydrogens (tertiary/aromatic N) is 2. The van der Waals surface area contributed by atoms with Gasteiger partial charge in [0.05, 0.1) is 0 Å². The molecule has 0 saturated carbocycles. The van der Waals surface area contributed by atoms with Crippen molar-refractivity contribution < 1.29 is 0 Å². The van der Waals surface area contributed by atoms with Gasteiger partial charge < -0.3 is 9.80 Å². The second-order valence-electron chi connectivity index (χ2n) is 6.35. The first-order valence-corrected chi connectivity index (χ1v) is 8.91. The smallest absolute Gasteiger partial charge is 0.00685 e. The molecule has 2 atom stereocenters. The molecule has 0 bridgehead atoms. The minimum atomic E-state index is 0.896. The Morgan fingerprint density at radius 1 is 1.11 bits per heavy atom. The van der Waals surface area contributed by atoms with Crippen molar-refractivity contribution >= 4 is 11.8 Å². The maximum absolute atomic E-state index is 2.71. The van der Waals surface area contributed by atoms with E-state index in [0.717, 1.165) is 17.1 Å². The first-order chi connectivity index (χ1) is 8.69. The van der Waals surface area contributed by atoms with Gasteiger partial charge >= 0.3 is 0 Å². The molecule has 2 fully saturated rings. The zero-order valence-electron chi connectivity index (χ0n) is 12.4. The van der Waals surface area contributed by atoms with Crippen molar-refractivity contribution in [2.24, 2.45) is 11.8 Å². The lowest BCUT2D eigenvalue weighted by atomic mass is 9.84. The topological polar surface area (TPSA) is 6.48 Å². The molecule has 2 saturated heterocycles. The SMILES string of the molecule is CSC1CCN(CC[C@@H]2CCN(C)C[C@H]2C)CC1. The van der Waals surface area contributed by atoms with Crippen molar-refractivity contribution in [1.29, 1.82) is 0 Å². The molecule has 3 heteroatoms. The van der Waals surface area contributed by atoms with Gasteiger partial charge in [0.2, 0.25) is 0 Å². The molecule has 0 aliphatic carbocycles. The number of piperidine rings is 2. The van der Waals surface area contributed by atoms with Gasteiger partial charge in [0.1, 0.15) is 0 Å². The Bertz CT molecular complexity index is 239. The van der Waals surface area contributed by atoms with Crippen LogP contribution in [0.15, 0.2) is 0 Å². The molecule has 0 aromatic carbocycles. The highest BCUT2D eigenvalue weighted by molar-refractivity contribution is 7.99. The molecular formula is C15H30N2S. The molecule has 0 unspecified atom stereocenters. The molecule has 2 aliphatic rings. The lowest BCUT2D eigenvalue weighted by Gasteiger charge is -2.37. The van der Waals surface area contributed by atoms with Gasteiger partial charge in [-0.1, -0.05) is 6.92 Å². The molecule has 0 amide bonds. The van der Waals surface area contributed by atoms with Crippen molar-refractivity contribution in [3.63, 3.8) is 0 Å². The highest BCUT2D eigenvalue weighted by Gasteiger charge is 2.25. The fourth-order valence-corrected chi connectivity index (χ4v) is 4.23. The van der Waals surface area contributed by atoms with Crippen molar-refractivity contribution in [3.8, 4) is 0 Å². The molecule has 2 aliphatic heterocycles. The Balaban J connectivity index is 1.66. The summed E-state index contributed by atoms with van der Waals surface area (Å²) in [5.41, 5.74) is 0. The van der Waals surface area contributed by atoms with Gasteiger partial charge in [0.15, 0.2) is 0 Å². The van der Waals surface area contributed by atoms with E-state index in [-0.39, 0.29) is 0 Å². The Kier molecular flexibility index (Phi) is 5.84. The normalized spacial score (nSPS) is 32.8. The summed E-state index contributed by atoms with van der Waals surface area (Å²) in [7, 11) is 2.26. The summed E-state index contributed by atoms with van der Waals surface area (Å²) in [5.74, 6) is 1.87. The largest absolute Gasteiger partial charge is 0.306 e. The predicted molar refractivity (Wildman–Crippen MR) is 82.4 cm³/mol. The molecule has 2 nitrogen and oxygen atoms in total. The Morgan fingerprint density at radius 3 is 2.44 bits per heavy atom. The Morgan fingerprint density at radius 2 is 1.83 bits per heavy atom. The monoisotopic (exact) mass is 270 g/mol. The molecule has 0 radical (unpaired) electrons. The molecule has 2 heterocycles. The Labute approximate surface area is 117 Å². The second-order valence-corrected chi connectivity index (χ2v) is 7.49. The van der Waals surface area contributed by atoms with Crippen LogP contribution in [-0.2, 0) is 0 Å². The summed E-state index contributed by atoms with van der Waals surface area (Å²) in [6.45, 7) is 9.09. The first-order valence-electron chi connectivity index (χ1n) is 7.62. The molecular weight excluding hydrogens is 240 g/mol. The van der Waals surface area contributed by atoms with Crippen LogP contribution in [0.2, 0.25) is 0 Å². The van der Waals surface area contributed by atoms with Gasteiger partial charge in [-0.3, -0.25) is 0 Å². The van der Waals surface area contributed by atoms with Crippen LogP contribution in [0.4, 0.5) is 0 Å². The van der Waals surface area contributed by atoms with Crippen LogP contribution in [0.25, 0.3) is 0 Å². The maximum Gasteiger partial charge on any atom is 0.00685 e. The molecule has 0 N–H and O–H groups in total. The minimum absolute atomic E-state index is 0.896. The first kappa shape index (κ1) is 14.7. The number of rotatable bonds is 4. The van der Waals surface area contributed by atoms with Crippen LogP contribution in [0, 0.1) is 11.8 Å². The van der Waals surface area contributed by atoms with E-state index in [4.69, 9.17) is 0 Å². The van der Waals surface area contributed by atoms with E-state index in [1.54, 1.807) is 0 Å². The number of thioether (sulfide) groups is 1. The zero-order valence-corrected chi connectivity index (χ0v) is 13.2. The van der Waals surface area contributed by atoms with Crippen LogP contribution in [0.5, 0.6) is 0 Å². The van der Waals surface area contributed by atoms with Crippen molar-refractivity contribution in [2.45, 2.75) is 37.9 Å². The number of hydrogen-bond acceptors (Lipinski definition) is 3. The standard InChI is InChI=1S/C15H30N2S/c1-13-12-16(2)8-4-14(13)5-9-17-10-6-15(18-3)7-11-17/h13-15H,4-12H2,1-3H3/t13-,14+/m1/s1. The van der Waals surface area contributed by atoms with Crippen LogP contribution >= 0.6 is 11.8 Å². The average Bonchev–Trinajstić information content (AvgIpc) is 2.38. The van der Waals surface area contributed by atoms with Crippen molar-refractivity contribution in [3.05, 3.63) is 0 Å². The third-order valence-electron chi connectivity index (χ3n) is 4.97. The average molecular weight is 270 g/mol. The predicted octanol–water partition coefficient (Wildman–Crippen LogP) is 2.79. The van der Waals surface area contributed by atoms with Gasteiger partial charge in [-0.2, -0.15) is 11.8 Å². The van der Waals surface area contributed by atoms with Crippen LogP contribution in [0.3, 0.4) is 0 Å². The van der Waals surface area contributed by atoms with Gasteiger partial charge in [0.25, 0.3) is 0 Å². The summed E-state index contributed by atoms with van der Waals surface area (Å²) >= 11 is 2.06. The third-order valence-corrected chi connectivity index (χ3v) is 6.11. The molecule has 0 aromatic heterocycles.